The zero-order valence-corrected chi connectivity index (χ0v) is 16.0. The first-order valence-corrected chi connectivity index (χ1v) is 10.2. The van der Waals surface area contributed by atoms with E-state index in [1.807, 2.05) is 13.8 Å². The van der Waals surface area contributed by atoms with Crippen LogP contribution in [0.5, 0.6) is 0 Å². The van der Waals surface area contributed by atoms with Crippen LogP contribution in [0.15, 0.2) is 9.95 Å². The van der Waals surface area contributed by atoms with E-state index in [2.05, 4.69) is 5.32 Å². The first-order chi connectivity index (χ1) is 11.5. The maximum absolute atomic E-state index is 12.8. The second kappa shape index (κ2) is 7.27. The van der Waals surface area contributed by atoms with Gasteiger partial charge in [0.2, 0.25) is 5.91 Å². The third-order valence-corrected chi connectivity index (χ3v) is 6.69. The van der Waals surface area contributed by atoms with Gasteiger partial charge in [-0.25, -0.2) is 4.98 Å². The summed E-state index contributed by atoms with van der Waals surface area (Å²) in [4.78, 5) is 31.8. The Morgan fingerprint density at radius 1 is 1.42 bits per heavy atom. The summed E-state index contributed by atoms with van der Waals surface area (Å²) in [5.74, 6) is -0.0123. The Bertz CT molecular complexity index is 825. The molecule has 0 spiro atoms. The molecule has 0 aromatic carbocycles. The summed E-state index contributed by atoms with van der Waals surface area (Å²) in [6.07, 6.45) is 5.28. The largest absolute Gasteiger partial charge is 0.355 e. The van der Waals surface area contributed by atoms with Crippen LogP contribution < -0.4 is 10.9 Å². The molecule has 0 radical (unpaired) electrons. The third-order valence-electron chi connectivity index (χ3n) is 4.36. The van der Waals surface area contributed by atoms with Crippen LogP contribution in [0.3, 0.4) is 0 Å². The molecule has 24 heavy (non-hydrogen) atoms. The number of fused-ring (bicyclic) bond motifs is 3. The van der Waals surface area contributed by atoms with Crippen LogP contribution in [-0.4, -0.2) is 27.3 Å². The maximum Gasteiger partial charge on any atom is 0.262 e. The predicted molar refractivity (Wildman–Crippen MR) is 100 cm³/mol. The Hall–Kier alpha value is -1.34. The van der Waals surface area contributed by atoms with E-state index in [1.54, 1.807) is 23.0 Å². The highest BCUT2D eigenvalue weighted by atomic mass is 32.2. The Labute approximate surface area is 149 Å². The van der Waals surface area contributed by atoms with Gasteiger partial charge in [0.25, 0.3) is 5.56 Å². The number of carbonyl (C=O) groups excluding carboxylic acids is 1. The Kier molecular flexibility index (Phi) is 5.30. The van der Waals surface area contributed by atoms with Crippen molar-refractivity contribution >= 4 is 39.2 Å². The zero-order chi connectivity index (χ0) is 17.3. The van der Waals surface area contributed by atoms with Gasteiger partial charge in [0.1, 0.15) is 4.83 Å². The number of aryl methyl sites for hydroxylation is 2. The summed E-state index contributed by atoms with van der Waals surface area (Å²) in [5, 5.41) is 4.03. The molecule has 0 bridgehead atoms. The molecule has 5 nitrogen and oxygen atoms in total. The summed E-state index contributed by atoms with van der Waals surface area (Å²) in [7, 11) is 1.75. The molecule has 2 heterocycles. The number of hydrogen-bond acceptors (Lipinski definition) is 5. The number of nitrogens with one attached hydrogen (secondary N) is 1. The quantitative estimate of drug-likeness (QED) is 0.654. The molecule has 0 saturated carbocycles. The van der Waals surface area contributed by atoms with Gasteiger partial charge in [0.15, 0.2) is 5.16 Å². The van der Waals surface area contributed by atoms with Gasteiger partial charge in [-0.05, 0) is 44.6 Å². The molecule has 0 saturated heterocycles. The highest BCUT2D eigenvalue weighted by Gasteiger charge is 2.23. The molecule has 1 aliphatic carbocycles. The molecule has 2 aromatic rings. The normalized spacial score (nSPS) is 15.3. The highest BCUT2D eigenvalue weighted by Crippen LogP contribution is 2.34. The molecule has 1 aliphatic rings. The average Bonchev–Trinajstić information content (AvgIpc) is 2.95. The Balaban J connectivity index is 1.93. The standard InChI is InChI=1S/C17H23N3O2S2/c1-4-9-18-14(21)10(2)23-17-19-15-13(16(22)20(17)3)11-7-5-6-8-12(11)24-15/h10H,4-9H2,1-3H3,(H,18,21). The van der Waals surface area contributed by atoms with E-state index >= 15 is 0 Å². The van der Waals surface area contributed by atoms with E-state index in [1.165, 1.54) is 28.6 Å². The number of hydrogen-bond donors (Lipinski definition) is 1. The van der Waals surface area contributed by atoms with E-state index in [0.29, 0.717) is 11.7 Å². The molecule has 2 aromatic heterocycles. The number of amides is 1. The number of thiophene rings is 1. The van der Waals surface area contributed by atoms with Crippen LogP contribution >= 0.6 is 23.1 Å². The van der Waals surface area contributed by atoms with Gasteiger partial charge in [-0.2, -0.15) is 0 Å². The van der Waals surface area contributed by atoms with Crippen LogP contribution in [0.4, 0.5) is 0 Å². The van der Waals surface area contributed by atoms with Crippen molar-refractivity contribution in [3.8, 4) is 0 Å². The van der Waals surface area contributed by atoms with Crippen LogP contribution in [0.1, 0.15) is 43.6 Å². The number of nitrogens with zero attached hydrogens (tertiary/aromatic N) is 2. The fraction of sp³-hybridized carbons (Fsp3) is 0.588. The molecular weight excluding hydrogens is 342 g/mol. The molecular formula is C17H23N3O2S2. The van der Waals surface area contributed by atoms with Gasteiger partial charge >= 0.3 is 0 Å². The zero-order valence-electron chi connectivity index (χ0n) is 14.3. The van der Waals surface area contributed by atoms with E-state index in [9.17, 15) is 9.59 Å². The molecule has 3 rings (SSSR count). The van der Waals surface area contributed by atoms with Crippen LogP contribution in [0.2, 0.25) is 0 Å². The lowest BCUT2D eigenvalue weighted by molar-refractivity contribution is -0.120. The summed E-state index contributed by atoms with van der Waals surface area (Å²) in [6, 6.07) is 0. The monoisotopic (exact) mass is 365 g/mol. The third kappa shape index (κ3) is 3.24. The lowest BCUT2D eigenvalue weighted by atomic mass is 9.97. The highest BCUT2D eigenvalue weighted by molar-refractivity contribution is 8.00. The van der Waals surface area contributed by atoms with E-state index in [4.69, 9.17) is 4.98 Å². The molecule has 130 valence electrons. The van der Waals surface area contributed by atoms with E-state index < -0.39 is 0 Å². The minimum absolute atomic E-state index is 0.0123. The fourth-order valence-corrected chi connectivity index (χ4v) is 5.18. The van der Waals surface area contributed by atoms with Gasteiger partial charge in [-0.3, -0.25) is 14.2 Å². The Morgan fingerprint density at radius 2 is 2.17 bits per heavy atom. The van der Waals surface area contributed by atoms with Crippen molar-refractivity contribution in [2.75, 3.05) is 6.54 Å². The summed E-state index contributed by atoms with van der Waals surface area (Å²) >= 11 is 3.00. The lowest BCUT2D eigenvalue weighted by Crippen LogP contribution is -2.32. The second-order valence-electron chi connectivity index (χ2n) is 6.20. The first kappa shape index (κ1) is 17.5. The molecule has 1 N–H and O–H groups in total. The van der Waals surface area contributed by atoms with Gasteiger partial charge in [0.05, 0.1) is 10.6 Å². The van der Waals surface area contributed by atoms with Gasteiger partial charge in [-0.1, -0.05) is 18.7 Å². The summed E-state index contributed by atoms with van der Waals surface area (Å²) in [6.45, 7) is 4.55. The van der Waals surface area contributed by atoms with Crippen molar-refractivity contribution in [2.45, 2.75) is 56.4 Å². The summed E-state index contributed by atoms with van der Waals surface area (Å²) in [5.41, 5.74) is 1.22. The molecule has 1 amide bonds. The van der Waals surface area contributed by atoms with Crippen LogP contribution in [0.25, 0.3) is 10.2 Å². The van der Waals surface area contributed by atoms with Gasteiger partial charge in [-0.15, -0.1) is 11.3 Å². The topological polar surface area (TPSA) is 64.0 Å². The number of aromatic nitrogens is 2. The lowest BCUT2D eigenvalue weighted by Gasteiger charge is -2.13. The number of thioether (sulfide) groups is 1. The molecule has 1 atom stereocenters. The van der Waals surface area contributed by atoms with Crippen molar-refractivity contribution in [2.24, 2.45) is 7.05 Å². The minimum Gasteiger partial charge on any atom is -0.355 e. The Morgan fingerprint density at radius 3 is 2.92 bits per heavy atom. The van der Waals surface area contributed by atoms with Crippen molar-refractivity contribution in [3.05, 3.63) is 20.8 Å². The molecule has 1 unspecified atom stereocenters. The van der Waals surface area contributed by atoms with Crippen molar-refractivity contribution in [1.29, 1.82) is 0 Å². The summed E-state index contributed by atoms with van der Waals surface area (Å²) < 4.78 is 1.60. The van der Waals surface area contributed by atoms with Gasteiger partial charge < -0.3 is 5.32 Å². The molecule has 0 fully saturated rings. The number of carbonyl (C=O) groups is 1. The fourth-order valence-electron chi connectivity index (χ4n) is 2.98. The van der Waals surface area contributed by atoms with E-state index in [0.717, 1.165) is 35.9 Å². The second-order valence-corrected chi connectivity index (χ2v) is 8.59. The SMILES string of the molecule is CCCNC(=O)C(C)Sc1nc2sc3c(c2c(=O)n1C)CCCC3. The van der Waals surface area contributed by atoms with Crippen molar-refractivity contribution in [3.63, 3.8) is 0 Å². The first-order valence-electron chi connectivity index (χ1n) is 8.48. The smallest absolute Gasteiger partial charge is 0.262 e. The minimum atomic E-state index is -0.276. The van der Waals surface area contributed by atoms with Crippen LogP contribution in [-0.2, 0) is 24.7 Å². The number of rotatable bonds is 5. The predicted octanol–water partition coefficient (Wildman–Crippen LogP) is 2.88. The van der Waals surface area contributed by atoms with Crippen molar-refractivity contribution in [1.82, 2.24) is 14.9 Å². The maximum atomic E-state index is 12.8. The van der Waals surface area contributed by atoms with Crippen molar-refractivity contribution < 1.29 is 4.79 Å². The van der Waals surface area contributed by atoms with Gasteiger partial charge in [0, 0.05) is 18.5 Å². The molecule has 0 aliphatic heterocycles. The van der Waals surface area contributed by atoms with Crippen LogP contribution in [0, 0.1) is 0 Å². The molecule has 7 heteroatoms. The van der Waals surface area contributed by atoms with E-state index in [-0.39, 0.29) is 16.7 Å². The average molecular weight is 366 g/mol.